The van der Waals surface area contributed by atoms with E-state index in [0.29, 0.717) is 0 Å². The van der Waals surface area contributed by atoms with Crippen molar-refractivity contribution in [2.75, 3.05) is 26.2 Å². The van der Waals surface area contributed by atoms with Crippen molar-refractivity contribution >= 4 is 0 Å². The van der Waals surface area contributed by atoms with Gasteiger partial charge in [0.25, 0.3) is 0 Å². The largest absolute Gasteiger partial charge is 0.374 e. The second kappa shape index (κ2) is 2.86. The van der Waals surface area contributed by atoms with E-state index in [0.717, 1.165) is 6.04 Å². The van der Waals surface area contributed by atoms with Crippen LogP contribution in [-0.4, -0.2) is 42.0 Å². The van der Waals surface area contributed by atoms with Crippen LogP contribution in [0.4, 0.5) is 0 Å². The average Bonchev–Trinajstić information content (AvgIpc) is 2.36. The third-order valence-electron chi connectivity index (χ3n) is 2.94. The lowest BCUT2D eigenvalue weighted by molar-refractivity contribution is 0.222. The molecule has 3 rings (SSSR count). The summed E-state index contributed by atoms with van der Waals surface area (Å²) >= 11 is 0. The monoisotopic (exact) mass is 152 g/mol. The van der Waals surface area contributed by atoms with Gasteiger partial charge in [0.05, 0.1) is 0 Å². The molecular formula is C9H16N2. The smallest absolute Gasteiger partial charge is 0.0309 e. The van der Waals surface area contributed by atoms with E-state index in [-0.39, 0.29) is 0 Å². The first kappa shape index (κ1) is 7.17. The molecule has 3 saturated heterocycles. The fourth-order valence-corrected chi connectivity index (χ4v) is 2.15. The molecule has 3 fully saturated rings. The highest BCUT2D eigenvalue weighted by molar-refractivity contribution is 4.89. The zero-order valence-corrected chi connectivity index (χ0v) is 7.00. The Morgan fingerprint density at radius 3 is 2.45 bits per heavy atom. The Morgan fingerprint density at radius 2 is 1.82 bits per heavy atom. The Morgan fingerprint density at radius 1 is 1.09 bits per heavy atom. The topological polar surface area (TPSA) is 6.48 Å². The highest BCUT2D eigenvalue weighted by atomic mass is 15.3. The van der Waals surface area contributed by atoms with Crippen LogP contribution in [0.25, 0.3) is 0 Å². The highest BCUT2D eigenvalue weighted by Crippen LogP contribution is 2.20. The SMILES string of the molecule is C=CN1CCN2CCC1CC2. The van der Waals surface area contributed by atoms with E-state index in [1.165, 1.54) is 39.0 Å². The summed E-state index contributed by atoms with van der Waals surface area (Å²) in [5.74, 6) is 0. The molecule has 0 radical (unpaired) electrons. The van der Waals surface area contributed by atoms with E-state index in [2.05, 4.69) is 16.4 Å². The molecule has 0 saturated carbocycles. The zero-order valence-electron chi connectivity index (χ0n) is 7.00. The minimum Gasteiger partial charge on any atom is -0.374 e. The average molecular weight is 152 g/mol. The van der Waals surface area contributed by atoms with Gasteiger partial charge in [-0.05, 0) is 19.0 Å². The maximum absolute atomic E-state index is 3.85. The van der Waals surface area contributed by atoms with Gasteiger partial charge in [0.2, 0.25) is 0 Å². The maximum atomic E-state index is 3.85. The number of nitrogens with zero attached hydrogens (tertiary/aromatic N) is 2. The first-order valence-electron chi connectivity index (χ1n) is 4.51. The molecular weight excluding hydrogens is 136 g/mol. The number of rotatable bonds is 1. The van der Waals surface area contributed by atoms with E-state index in [9.17, 15) is 0 Å². The zero-order chi connectivity index (χ0) is 7.68. The van der Waals surface area contributed by atoms with Crippen molar-refractivity contribution in [1.29, 1.82) is 0 Å². The Bertz CT molecular complexity index is 148. The van der Waals surface area contributed by atoms with Crippen molar-refractivity contribution in [2.24, 2.45) is 0 Å². The lowest BCUT2D eigenvalue weighted by Gasteiger charge is -2.30. The summed E-state index contributed by atoms with van der Waals surface area (Å²) in [7, 11) is 0. The lowest BCUT2D eigenvalue weighted by atomic mass is 10.1. The number of hydrogen-bond acceptors (Lipinski definition) is 2. The minimum absolute atomic E-state index is 0.797. The van der Waals surface area contributed by atoms with Gasteiger partial charge in [-0.3, -0.25) is 0 Å². The van der Waals surface area contributed by atoms with Gasteiger partial charge in [-0.1, -0.05) is 6.58 Å². The number of piperidine rings is 1. The first-order valence-corrected chi connectivity index (χ1v) is 4.51. The van der Waals surface area contributed by atoms with Crippen LogP contribution >= 0.6 is 0 Å². The van der Waals surface area contributed by atoms with Crippen LogP contribution in [-0.2, 0) is 0 Å². The van der Waals surface area contributed by atoms with Gasteiger partial charge in [-0.2, -0.15) is 0 Å². The van der Waals surface area contributed by atoms with Crippen LogP contribution in [0.15, 0.2) is 12.8 Å². The molecule has 3 aliphatic rings. The Kier molecular flexibility index (Phi) is 1.86. The predicted molar refractivity (Wildman–Crippen MR) is 46.4 cm³/mol. The van der Waals surface area contributed by atoms with Gasteiger partial charge in [0.15, 0.2) is 0 Å². The quantitative estimate of drug-likeness (QED) is 0.551. The lowest BCUT2D eigenvalue weighted by Crippen LogP contribution is -2.35. The van der Waals surface area contributed by atoms with E-state index in [1.54, 1.807) is 0 Å². The van der Waals surface area contributed by atoms with Crippen LogP contribution in [0.3, 0.4) is 0 Å². The molecule has 2 bridgehead atoms. The Hall–Kier alpha value is -0.500. The van der Waals surface area contributed by atoms with E-state index < -0.39 is 0 Å². The maximum Gasteiger partial charge on any atom is 0.0309 e. The number of hydrogen-bond donors (Lipinski definition) is 0. The minimum atomic E-state index is 0.797. The molecule has 0 atom stereocenters. The third-order valence-corrected chi connectivity index (χ3v) is 2.94. The normalized spacial score (nSPS) is 36.9. The summed E-state index contributed by atoms with van der Waals surface area (Å²) in [5, 5.41) is 0. The molecule has 0 amide bonds. The Balaban J connectivity index is 2.08. The van der Waals surface area contributed by atoms with Gasteiger partial charge in [-0.25, -0.2) is 0 Å². The van der Waals surface area contributed by atoms with Crippen molar-refractivity contribution in [3.05, 3.63) is 12.8 Å². The fourth-order valence-electron chi connectivity index (χ4n) is 2.15. The van der Waals surface area contributed by atoms with Gasteiger partial charge < -0.3 is 9.80 Å². The van der Waals surface area contributed by atoms with Crippen LogP contribution in [0.5, 0.6) is 0 Å². The van der Waals surface area contributed by atoms with E-state index in [4.69, 9.17) is 0 Å². The molecule has 3 aliphatic heterocycles. The molecule has 2 heteroatoms. The van der Waals surface area contributed by atoms with Crippen molar-refractivity contribution in [3.63, 3.8) is 0 Å². The molecule has 0 aromatic carbocycles. The van der Waals surface area contributed by atoms with Gasteiger partial charge in [-0.15, -0.1) is 0 Å². The molecule has 0 aromatic heterocycles. The molecule has 62 valence electrons. The summed E-state index contributed by atoms with van der Waals surface area (Å²) < 4.78 is 0. The van der Waals surface area contributed by atoms with Crippen LogP contribution in [0.1, 0.15) is 12.8 Å². The van der Waals surface area contributed by atoms with Gasteiger partial charge in [0.1, 0.15) is 0 Å². The molecule has 0 spiro atoms. The van der Waals surface area contributed by atoms with Crippen molar-refractivity contribution in [2.45, 2.75) is 18.9 Å². The fraction of sp³-hybridized carbons (Fsp3) is 0.778. The van der Waals surface area contributed by atoms with Crippen molar-refractivity contribution in [1.82, 2.24) is 9.80 Å². The molecule has 2 nitrogen and oxygen atoms in total. The van der Waals surface area contributed by atoms with Crippen LogP contribution in [0.2, 0.25) is 0 Å². The summed E-state index contributed by atoms with van der Waals surface area (Å²) in [6.07, 6.45) is 4.69. The molecule has 0 aromatic rings. The van der Waals surface area contributed by atoms with E-state index in [1.807, 2.05) is 6.20 Å². The molecule has 3 heterocycles. The second-order valence-corrected chi connectivity index (χ2v) is 3.49. The molecule has 11 heavy (non-hydrogen) atoms. The summed E-state index contributed by atoms with van der Waals surface area (Å²) in [6.45, 7) is 8.88. The summed E-state index contributed by atoms with van der Waals surface area (Å²) in [4.78, 5) is 4.97. The third kappa shape index (κ3) is 1.27. The predicted octanol–water partition coefficient (Wildman–Crippen LogP) is 0.910. The number of fused-ring (bicyclic) bond motifs is 4. The second-order valence-electron chi connectivity index (χ2n) is 3.49. The molecule has 0 N–H and O–H groups in total. The summed E-state index contributed by atoms with van der Waals surface area (Å²) in [5.41, 5.74) is 0. The highest BCUT2D eigenvalue weighted by Gasteiger charge is 2.26. The van der Waals surface area contributed by atoms with Gasteiger partial charge in [0, 0.05) is 32.2 Å². The van der Waals surface area contributed by atoms with Crippen LogP contribution in [0, 0.1) is 0 Å². The van der Waals surface area contributed by atoms with Crippen LogP contribution < -0.4 is 0 Å². The molecule has 0 aliphatic carbocycles. The van der Waals surface area contributed by atoms with Crippen molar-refractivity contribution < 1.29 is 0 Å². The Labute approximate surface area is 68.5 Å². The standard InChI is InChI=1S/C9H16N2/c1-2-11-8-7-10-5-3-9(11)4-6-10/h2,9H,1,3-8H2. The van der Waals surface area contributed by atoms with Crippen molar-refractivity contribution in [3.8, 4) is 0 Å². The van der Waals surface area contributed by atoms with Gasteiger partial charge >= 0.3 is 0 Å². The first-order chi connectivity index (χ1) is 5.40. The summed E-state index contributed by atoms with van der Waals surface area (Å²) in [6, 6.07) is 0.797. The van der Waals surface area contributed by atoms with E-state index >= 15 is 0 Å². The molecule has 0 unspecified atom stereocenters.